The maximum atomic E-state index is 12.5. The van der Waals surface area contributed by atoms with Crippen LogP contribution in [0.15, 0.2) is 42.5 Å². The van der Waals surface area contributed by atoms with Gasteiger partial charge in [0.15, 0.2) is 5.75 Å². The molecule has 1 aliphatic heterocycles. The van der Waals surface area contributed by atoms with Crippen molar-refractivity contribution in [3.8, 4) is 5.75 Å². The van der Waals surface area contributed by atoms with Gasteiger partial charge >= 0.3 is 5.97 Å². The van der Waals surface area contributed by atoms with Gasteiger partial charge in [-0.1, -0.05) is 62.1 Å². The van der Waals surface area contributed by atoms with Crippen LogP contribution in [0.4, 0.5) is 0 Å². The van der Waals surface area contributed by atoms with Gasteiger partial charge in [-0.05, 0) is 24.3 Å². The molecule has 0 aliphatic carbocycles. The molecule has 0 atom stereocenters. The molecule has 0 bridgehead atoms. The number of rotatable bonds is 1. The average molecular weight is 433 g/mol. The summed E-state index contributed by atoms with van der Waals surface area (Å²) < 4.78 is 6.36. The normalized spacial score (nSPS) is 16.2. The molecule has 1 heterocycles. The van der Waals surface area contributed by atoms with Crippen molar-refractivity contribution in [2.75, 3.05) is 0 Å². The zero-order chi connectivity index (χ0) is 15.0. The molecule has 0 unspecified atom stereocenters. The maximum absolute atomic E-state index is 12.5. The number of carbonyl (C=O) groups is 2. The Morgan fingerprint density at radius 1 is 1.00 bits per heavy atom. The van der Waals surface area contributed by atoms with Gasteiger partial charge in [0.1, 0.15) is 3.51 Å². The van der Waals surface area contributed by atoms with Crippen LogP contribution in [0, 0.1) is 3.57 Å². The molecule has 106 valence electrons. The molecule has 1 aliphatic rings. The van der Waals surface area contributed by atoms with Crippen molar-refractivity contribution in [1.29, 1.82) is 0 Å². The Balaban J connectivity index is 2.12. The van der Waals surface area contributed by atoms with Crippen LogP contribution in [0.1, 0.15) is 10.4 Å². The highest BCUT2D eigenvalue weighted by atomic mass is 127. The number of ketones is 1. The first-order valence-electron chi connectivity index (χ1n) is 5.89. The van der Waals surface area contributed by atoms with Gasteiger partial charge in [0, 0.05) is 8.59 Å². The quantitative estimate of drug-likeness (QED) is 0.387. The molecule has 0 spiro atoms. The molecule has 6 heteroatoms. The summed E-state index contributed by atoms with van der Waals surface area (Å²) in [6, 6.07) is 12.3. The third kappa shape index (κ3) is 2.88. The topological polar surface area (TPSA) is 43.4 Å². The molecular weight excluding hydrogens is 426 g/mol. The van der Waals surface area contributed by atoms with Gasteiger partial charge in [0.25, 0.3) is 0 Å². The molecular formula is C15H7Cl2IO3. The smallest absolute Gasteiger partial charge is 0.353 e. The number of hydrogen-bond donors (Lipinski definition) is 0. The standard InChI is InChI=1S/C15H7Cl2IO3/c16-8-6-10-13(19)12(18-9-4-2-1-3-5-9)15(20)21-14(10)11(17)7-8/h1-7H. The van der Waals surface area contributed by atoms with E-state index in [2.05, 4.69) is 0 Å². The van der Waals surface area contributed by atoms with E-state index in [1.807, 2.05) is 30.3 Å². The first kappa shape index (κ1) is 14.7. The third-order valence-electron chi connectivity index (χ3n) is 2.76. The summed E-state index contributed by atoms with van der Waals surface area (Å²) in [5.41, 5.74) is 0.248. The summed E-state index contributed by atoms with van der Waals surface area (Å²) in [6.45, 7) is 0. The van der Waals surface area contributed by atoms with Crippen LogP contribution >= 0.6 is 43.9 Å². The fourth-order valence-electron chi connectivity index (χ4n) is 1.85. The van der Waals surface area contributed by atoms with Crippen molar-refractivity contribution in [2.45, 2.75) is 0 Å². The Labute approximate surface area is 140 Å². The maximum Gasteiger partial charge on any atom is 0.353 e. The van der Waals surface area contributed by atoms with Crippen molar-refractivity contribution >= 4 is 59.2 Å². The lowest BCUT2D eigenvalue weighted by Crippen LogP contribution is -2.32. The summed E-state index contributed by atoms with van der Waals surface area (Å²) in [5.74, 6) is -0.868. The van der Waals surface area contributed by atoms with Gasteiger partial charge in [-0.25, -0.2) is 4.79 Å². The fourth-order valence-corrected chi connectivity index (χ4v) is 4.64. The minimum Gasteiger partial charge on any atom is -0.420 e. The average Bonchev–Trinajstić information content (AvgIpc) is 2.46. The van der Waals surface area contributed by atoms with E-state index >= 15 is 0 Å². The Morgan fingerprint density at radius 3 is 2.43 bits per heavy atom. The minimum absolute atomic E-state index is 0.0943. The van der Waals surface area contributed by atoms with Gasteiger partial charge in [0.05, 0.1) is 10.6 Å². The van der Waals surface area contributed by atoms with E-state index in [1.54, 1.807) is 0 Å². The van der Waals surface area contributed by atoms with Gasteiger partial charge in [-0.2, -0.15) is 0 Å². The molecule has 0 radical (unpaired) electrons. The van der Waals surface area contributed by atoms with Crippen molar-refractivity contribution in [2.24, 2.45) is 0 Å². The van der Waals surface area contributed by atoms with Crippen LogP contribution in [0.5, 0.6) is 5.75 Å². The zero-order valence-corrected chi connectivity index (χ0v) is 14.1. The molecule has 0 aromatic heterocycles. The van der Waals surface area contributed by atoms with Gasteiger partial charge in [0.2, 0.25) is 5.78 Å². The lowest BCUT2D eigenvalue weighted by atomic mass is 10.0. The largest absolute Gasteiger partial charge is 0.420 e. The number of fused-ring (bicyclic) bond motifs is 1. The molecule has 0 fully saturated rings. The van der Waals surface area contributed by atoms with E-state index < -0.39 is 26.7 Å². The Kier molecular flexibility index (Phi) is 4.10. The summed E-state index contributed by atoms with van der Waals surface area (Å²) in [7, 11) is 0. The molecule has 3 rings (SSSR count). The Bertz CT molecular complexity index is 785. The van der Waals surface area contributed by atoms with Crippen LogP contribution < -0.4 is 4.74 Å². The first-order valence-corrected chi connectivity index (χ1v) is 8.80. The lowest BCUT2D eigenvalue weighted by Gasteiger charge is -2.17. The second-order valence-electron chi connectivity index (χ2n) is 4.19. The summed E-state index contributed by atoms with van der Waals surface area (Å²) >= 11 is 11.0. The fraction of sp³-hybridized carbons (Fsp3) is 0. The van der Waals surface area contributed by atoms with E-state index in [-0.39, 0.29) is 25.6 Å². The van der Waals surface area contributed by atoms with Crippen LogP contribution in [-0.4, -0.2) is 15.3 Å². The number of halogens is 3. The van der Waals surface area contributed by atoms with Crippen LogP contribution in [0.25, 0.3) is 0 Å². The number of carbonyl (C=O) groups excluding carboxylic acids is 2. The predicted molar refractivity (Wildman–Crippen MR) is 90.6 cm³/mol. The van der Waals surface area contributed by atoms with Crippen molar-refractivity contribution in [3.05, 3.63) is 61.6 Å². The summed E-state index contributed by atoms with van der Waals surface area (Å²) in [5, 5.41) is 0.499. The highest BCUT2D eigenvalue weighted by Crippen LogP contribution is 2.36. The number of ether oxygens (including phenoxy) is 1. The summed E-state index contributed by atoms with van der Waals surface area (Å²) in [4.78, 5) is 24.6. The van der Waals surface area contributed by atoms with E-state index in [0.29, 0.717) is 5.02 Å². The summed E-state index contributed by atoms with van der Waals surface area (Å²) in [6.07, 6.45) is 0. The molecule has 0 saturated heterocycles. The van der Waals surface area contributed by atoms with E-state index in [0.717, 1.165) is 3.57 Å². The molecule has 0 amide bonds. The van der Waals surface area contributed by atoms with Crippen molar-refractivity contribution in [1.82, 2.24) is 0 Å². The second-order valence-corrected chi connectivity index (χ2v) is 7.89. The van der Waals surface area contributed by atoms with E-state index in [9.17, 15) is 9.59 Å². The van der Waals surface area contributed by atoms with Gasteiger partial charge in [-0.3, -0.25) is 4.79 Å². The molecule has 21 heavy (non-hydrogen) atoms. The molecule has 2 aromatic rings. The lowest BCUT2D eigenvalue weighted by molar-refractivity contribution is -0.126. The third-order valence-corrected chi connectivity index (χ3v) is 6.07. The zero-order valence-electron chi connectivity index (χ0n) is 10.4. The highest BCUT2D eigenvalue weighted by molar-refractivity contribution is 14.2. The first-order chi connectivity index (χ1) is 10.1. The van der Waals surface area contributed by atoms with Crippen LogP contribution in [-0.2, 0) is 4.79 Å². The highest BCUT2D eigenvalue weighted by Gasteiger charge is 2.33. The number of esters is 1. The monoisotopic (exact) mass is 432 g/mol. The van der Waals surface area contributed by atoms with E-state index in [1.165, 1.54) is 12.1 Å². The number of benzene rings is 2. The van der Waals surface area contributed by atoms with Crippen LogP contribution in [0.3, 0.4) is 0 Å². The number of hydrogen-bond acceptors (Lipinski definition) is 3. The Hall–Kier alpha value is -1.24. The van der Waals surface area contributed by atoms with Crippen LogP contribution in [0.2, 0.25) is 10.0 Å². The van der Waals surface area contributed by atoms with E-state index in [4.69, 9.17) is 27.9 Å². The predicted octanol–water partition coefficient (Wildman–Crippen LogP) is 4.11. The molecule has 3 nitrogen and oxygen atoms in total. The van der Waals surface area contributed by atoms with Gasteiger partial charge < -0.3 is 4.74 Å². The number of Topliss-reactive ketones (excluding diaryl/α,β-unsaturated/α-hetero) is 1. The Morgan fingerprint density at radius 2 is 1.71 bits per heavy atom. The molecule has 2 aromatic carbocycles. The minimum atomic E-state index is -0.914. The van der Waals surface area contributed by atoms with Gasteiger partial charge in [-0.15, -0.1) is 0 Å². The SMILES string of the molecule is O=C1Oc2c(Cl)cc(Cl)cc2C(=O)C1=Ic1ccccc1. The van der Waals surface area contributed by atoms with Crippen molar-refractivity contribution in [3.63, 3.8) is 0 Å². The van der Waals surface area contributed by atoms with Crippen molar-refractivity contribution < 1.29 is 14.3 Å². The molecule has 0 saturated carbocycles. The second kappa shape index (κ2) is 5.87. The molecule has 0 N–H and O–H groups in total.